The van der Waals surface area contributed by atoms with Crippen LogP contribution < -0.4 is 9.47 Å². The smallest absolute Gasteiger partial charge is 0.307 e. The molecule has 0 aromatic heterocycles. The van der Waals surface area contributed by atoms with Crippen molar-refractivity contribution in [2.75, 3.05) is 6.79 Å². The second-order valence-electron chi connectivity index (χ2n) is 9.77. The summed E-state index contributed by atoms with van der Waals surface area (Å²) in [4.78, 5) is 59.1. The fraction of sp³-hybridized carbons (Fsp3) is 0.219. The van der Waals surface area contributed by atoms with Gasteiger partial charge in [-0.3, -0.25) is 14.4 Å². The maximum absolute atomic E-state index is 13.0. The van der Waals surface area contributed by atoms with Crippen molar-refractivity contribution in [1.82, 2.24) is 0 Å². The number of ether oxygens (including phenoxy) is 2. The van der Waals surface area contributed by atoms with Crippen LogP contribution in [0.2, 0.25) is 0 Å². The lowest BCUT2D eigenvalue weighted by Crippen LogP contribution is -2.35. The van der Waals surface area contributed by atoms with Crippen LogP contribution in [0.3, 0.4) is 0 Å². The summed E-state index contributed by atoms with van der Waals surface area (Å²) in [6.45, 7) is -0.225. The number of aldehydes is 2. The van der Waals surface area contributed by atoms with E-state index in [1.807, 2.05) is 0 Å². The molecule has 0 radical (unpaired) electrons. The average Bonchev–Trinajstić information content (AvgIpc) is 2.98. The molecule has 3 aromatic carbocycles. The summed E-state index contributed by atoms with van der Waals surface area (Å²) in [5.74, 6) is -6.48. The highest BCUT2D eigenvalue weighted by Crippen LogP contribution is 2.47. The normalized spacial score (nSPS) is 18.5. The van der Waals surface area contributed by atoms with E-state index in [4.69, 9.17) is 9.47 Å². The highest BCUT2D eigenvalue weighted by molar-refractivity contribution is 6.06. The number of carboxylic acid groups (broad SMARTS) is 2. The van der Waals surface area contributed by atoms with Gasteiger partial charge in [-0.1, -0.05) is 24.3 Å². The summed E-state index contributed by atoms with van der Waals surface area (Å²) in [7, 11) is 0. The molecule has 0 aliphatic heterocycles. The molecular weight excluding hydrogens is 547 g/mol. The lowest BCUT2D eigenvalue weighted by Gasteiger charge is -2.36. The van der Waals surface area contributed by atoms with Crippen LogP contribution in [-0.4, -0.2) is 47.3 Å². The molecule has 2 N–H and O–H groups in total. The number of ketones is 1. The number of aliphatic carboxylic acids is 2. The van der Waals surface area contributed by atoms with Gasteiger partial charge in [0.15, 0.2) is 5.78 Å². The first-order valence-corrected chi connectivity index (χ1v) is 13.0. The first-order chi connectivity index (χ1) is 20.2. The van der Waals surface area contributed by atoms with Gasteiger partial charge in [0.05, 0.1) is 17.8 Å². The molecular formula is C32H27FO9. The molecule has 0 saturated heterocycles. The summed E-state index contributed by atoms with van der Waals surface area (Å²) in [6.07, 6.45) is 3.64. The van der Waals surface area contributed by atoms with E-state index in [1.54, 1.807) is 42.5 Å². The monoisotopic (exact) mass is 574 g/mol. The lowest BCUT2D eigenvalue weighted by atomic mass is 9.66. The number of carbonyl (C=O) groups excluding carboxylic acids is 3. The van der Waals surface area contributed by atoms with E-state index in [1.165, 1.54) is 36.4 Å². The fourth-order valence-corrected chi connectivity index (χ4v) is 5.10. The largest absolute Gasteiger partial charge is 0.481 e. The minimum atomic E-state index is -1.23. The van der Waals surface area contributed by atoms with Crippen LogP contribution in [0.5, 0.6) is 11.5 Å². The molecule has 0 amide bonds. The van der Waals surface area contributed by atoms with Gasteiger partial charge in [-0.2, -0.15) is 0 Å². The van der Waals surface area contributed by atoms with Gasteiger partial charge in [0.2, 0.25) is 6.79 Å². The molecule has 0 fully saturated rings. The second-order valence-corrected chi connectivity index (χ2v) is 9.77. The SMILES string of the molecule is O=CCC(C(=O)O)C1CC(C(=O)O)C(C=O)c2cc(OCOc3ccc(/C=C/C(=O)c4ccc(F)cc4)cc3)ccc21. The first kappa shape index (κ1) is 29.9. The van der Waals surface area contributed by atoms with E-state index < -0.39 is 41.4 Å². The van der Waals surface area contributed by atoms with Crippen molar-refractivity contribution in [3.63, 3.8) is 0 Å². The van der Waals surface area contributed by atoms with Gasteiger partial charge in [-0.05, 0) is 83.6 Å². The number of halogens is 1. The van der Waals surface area contributed by atoms with Gasteiger partial charge < -0.3 is 29.3 Å². The molecule has 42 heavy (non-hydrogen) atoms. The Morgan fingerprint density at radius 2 is 1.57 bits per heavy atom. The Hall–Kier alpha value is -5.12. The van der Waals surface area contributed by atoms with Crippen LogP contribution >= 0.6 is 0 Å². The van der Waals surface area contributed by atoms with Crippen molar-refractivity contribution < 1.29 is 48.0 Å². The van der Waals surface area contributed by atoms with Crippen molar-refractivity contribution in [2.24, 2.45) is 11.8 Å². The minimum Gasteiger partial charge on any atom is -0.481 e. The number of carbonyl (C=O) groups is 5. The maximum atomic E-state index is 13.0. The van der Waals surface area contributed by atoms with Crippen molar-refractivity contribution >= 4 is 36.4 Å². The van der Waals surface area contributed by atoms with Crippen molar-refractivity contribution in [3.8, 4) is 11.5 Å². The Labute approximate surface area is 240 Å². The fourth-order valence-electron chi connectivity index (χ4n) is 5.10. The van der Waals surface area contributed by atoms with Gasteiger partial charge in [0, 0.05) is 12.0 Å². The third kappa shape index (κ3) is 6.95. The van der Waals surface area contributed by atoms with E-state index in [2.05, 4.69) is 0 Å². The second kappa shape index (κ2) is 13.5. The van der Waals surface area contributed by atoms with Gasteiger partial charge in [-0.15, -0.1) is 0 Å². The summed E-state index contributed by atoms with van der Waals surface area (Å²) in [6, 6.07) is 16.7. The van der Waals surface area contributed by atoms with Crippen molar-refractivity contribution in [3.05, 3.63) is 101 Å². The zero-order valence-corrected chi connectivity index (χ0v) is 22.2. The third-order valence-corrected chi connectivity index (χ3v) is 7.26. The van der Waals surface area contributed by atoms with E-state index in [0.717, 1.165) is 5.56 Å². The predicted octanol–water partition coefficient (Wildman–Crippen LogP) is 4.90. The van der Waals surface area contributed by atoms with Crippen molar-refractivity contribution in [1.29, 1.82) is 0 Å². The highest BCUT2D eigenvalue weighted by atomic mass is 19.1. The van der Waals surface area contributed by atoms with Crippen LogP contribution in [0, 0.1) is 17.7 Å². The lowest BCUT2D eigenvalue weighted by molar-refractivity contribution is -0.147. The summed E-state index contributed by atoms with van der Waals surface area (Å²) < 4.78 is 24.3. The first-order valence-electron chi connectivity index (χ1n) is 13.0. The minimum absolute atomic E-state index is 0.0918. The molecule has 0 bridgehead atoms. The number of benzene rings is 3. The Morgan fingerprint density at radius 1 is 0.905 bits per heavy atom. The van der Waals surface area contributed by atoms with E-state index in [9.17, 15) is 38.6 Å². The molecule has 0 heterocycles. The number of rotatable bonds is 13. The van der Waals surface area contributed by atoms with Crippen LogP contribution in [0.15, 0.2) is 72.8 Å². The van der Waals surface area contributed by atoms with Gasteiger partial charge >= 0.3 is 11.9 Å². The van der Waals surface area contributed by atoms with Crippen LogP contribution in [-0.2, 0) is 19.2 Å². The summed E-state index contributed by atoms with van der Waals surface area (Å²) in [5, 5.41) is 19.4. The number of fused-ring (bicyclic) bond motifs is 1. The average molecular weight is 575 g/mol. The Morgan fingerprint density at radius 3 is 2.19 bits per heavy atom. The summed E-state index contributed by atoms with van der Waals surface area (Å²) in [5.41, 5.74) is 1.93. The molecule has 10 heteroatoms. The topological polar surface area (TPSA) is 144 Å². The molecule has 1 aliphatic carbocycles. The number of hydrogen-bond acceptors (Lipinski definition) is 7. The van der Waals surface area contributed by atoms with Crippen LogP contribution in [0.25, 0.3) is 6.08 Å². The summed E-state index contributed by atoms with van der Waals surface area (Å²) >= 11 is 0. The quantitative estimate of drug-likeness (QED) is 0.126. The van der Waals surface area contributed by atoms with Gasteiger partial charge in [0.25, 0.3) is 0 Å². The highest BCUT2D eigenvalue weighted by Gasteiger charge is 2.43. The molecule has 3 aromatic rings. The maximum Gasteiger partial charge on any atom is 0.307 e. The standard InChI is InChI=1S/C32H27FO9/c33-21-6-4-20(5-7-21)30(36)12-3-19-1-8-22(9-2-19)41-18-42-23-10-11-24-26(15-23)29(17-35)28(32(39)40)16-27(24)25(13-14-34)31(37)38/h1-12,14-15,17,25,27-29H,13,16,18H2,(H,37,38)(H,39,40)/b12-3+. The Bertz CT molecular complexity index is 1500. The number of allylic oxidation sites excluding steroid dienone is 1. The Kier molecular flexibility index (Phi) is 9.59. The molecule has 1 aliphatic rings. The van der Waals surface area contributed by atoms with E-state index in [-0.39, 0.29) is 31.2 Å². The third-order valence-electron chi connectivity index (χ3n) is 7.26. The Balaban J connectivity index is 1.43. The van der Waals surface area contributed by atoms with Gasteiger partial charge in [0.1, 0.15) is 29.9 Å². The molecule has 0 spiro atoms. The zero-order chi connectivity index (χ0) is 30.2. The molecule has 4 rings (SSSR count). The predicted molar refractivity (Wildman–Crippen MR) is 148 cm³/mol. The molecule has 4 unspecified atom stereocenters. The van der Waals surface area contributed by atoms with Crippen molar-refractivity contribution in [2.45, 2.75) is 24.7 Å². The zero-order valence-electron chi connectivity index (χ0n) is 22.2. The number of carboxylic acids is 2. The van der Waals surface area contributed by atoms with Crippen LogP contribution in [0.1, 0.15) is 51.7 Å². The van der Waals surface area contributed by atoms with Gasteiger partial charge in [-0.25, -0.2) is 4.39 Å². The van der Waals surface area contributed by atoms with E-state index >= 15 is 0 Å². The molecule has 0 saturated carbocycles. The molecule has 216 valence electrons. The molecule has 4 atom stereocenters. The van der Waals surface area contributed by atoms with E-state index in [0.29, 0.717) is 35.0 Å². The molecule has 9 nitrogen and oxygen atoms in total. The number of hydrogen-bond donors (Lipinski definition) is 2. The van der Waals surface area contributed by atoms with Crippen LogP contribution in [0.4, 0.5) is 4.39 Å².